The van der Waals surface area contributed by atoms with Crippen LogP contribution in [0.4, 0.5) is 5.69 Å². The second kappa shape index (κ2) is 7.49. The van der Waals surface area contributed by atoms with Gasteiger partial charge in [0.25, 0.3) is 5.69 Å². The van der Waals surface area contributed by atoms with E-state index in [9.17, 15) is 14.9 Å². The van der Waals surface area contributed by atoms with Gasteiger partial charge in [-0.1, -0.05) is 36.4 Å². The normalized spacial score (nSPS) is 10.4. The quantitative estimate of drug-likeness (QED) is 0.301. The van der Waals surface area contributed by atoms with Gasteiger partial charge in [-0.25, -0.2) is 0 Å². The molecule has 0 aliphatic rings. The van der Waals surface area contributed by atoms with Crippen molar-refractivity contribution in [3.8, 4) is 0 Å². The maximum Gasteiger partial charge on any atom is 0.269 e. The molecule has 0 N–H and O–H groups in total. The number of hydrogen-bond acceptors (Lipinski definition) is 3. The molecule has 0 unspecified atom stereocenters. The van der Waals surface area contributed by atoms with Crippen LogP contribution in [0.5, 0.6) is 0 Å². The lowest BCUT2D eigenvalue weighted by Gasteiger charge is -2.04. The number of pyridine rings is 1. The standard InChI is InChI=1S/C20H17N2O3/c23-20(17-9-11-18(12-10-17)22(24)25)15-21-13-5-4-8-19(21)14-16-6-2-1-3-7-16/h1-13H,14-15H2/q+1. The van der Waals surface area contributed by atoms with E-state index < -0.39 is 4.92 Å². The lowest BCUT2D eigenvalue weighted by atomic mass is 10.1. The Labute approximate surface area is 145 Å². The fourth-order valence-corrected chi connectivity index (χ4v) is 2.65. The molecule has 5 nitrogen and oxygen atoms in total. The minimum absolute atomic E-state index is 0.0197. The van der Waals surface area contributed by atoms with Crippen molar-refractivity contribution >= 4 is 11.5 Å². The maximum atomic E-state index is 12.5. The molecule has 0 fully saturated rings. The molecule has 0 amide bonds. The minimum atomic E-state index is -0.474. The first-order chi connectivity index (χ1) is 12.1. The van der Waals surface area contributed by atoms with Crippen LogP contribution in [0, 0.1) is 10.1 Å². The summed E-state index contributed by atoms with van der Waals surface area (Å²) in [5.41, 5.74) is 2.65. The van der Waals surface area contributed by atoms with Crippen LogP contribution in [-0.4, -0.2) is 10.7 Å². The third-order valence-electron chi connectivity index (χ3n) is 3.98. The Hall–Kier alpha value is -3.34. The van der Waals surface area contributed by atoms with Gasteiger partial charge in [-0.3, -0.25) is 14.9 Å². The number of nitro benzene ring substituents is 1. The highest BCUT2D eigenvalue weighted by molar-refractivity contribution is 5.95. The Morgan fingerprint density at radius 2 is 1.60 bits per heavy atom. The SMILES string of the molecule is O=C(C[n+]1ccccc1Cc1ccccc1)c1ccc([N+](=O)[O-])cc1. The molecule has 0 radical (unpaired) electrons. The Balaban J connectivity index is 1.78. The van der Waals surface area contributed by atoms with Gasteiger partial charge >= 0.3 is 0 Å². The molecule has 3 rings (SSSR count). The average Bonchev–Trinajstić information content (AvgIpc) is 2.64. The fraction of sp³-hybridized carbons (Fsp3) is 0.100. The summed E-state index contributed by atoms with van der Waals surface area (Å²) in [5.74, 6) is -0.0830. The number of hydrogen-bond donors (Lipinski definition) is 0. The van der Waals surface area contributed by atoms with Crippen LogP contribution < -0.4 is 4.57 Å². The molecule has 1 aromatic heterocycles. The van der Waals surface area contributed by atoms with Gasteiger partial charge in [0.15, 0.2) is 11.9 Å². The second-order valence-corrected chi connectivity index (χ2v) is 5.71. The van der Waals surface area contributed by atoms with Crippen LogP contribution in [0.3, 0.4) is 0 Å². The number of carbonyl (C=O) groups excluding carboxylic acids is 1. The van der Waals surface area contributed by atoms with Crippen LogP contribution in [0.2, 0.25) is 0 Å². The summed E-state index contributed by atoms with van der Waals surface area (Å²) in [4.78, 5) is 22.7. The molecule has 0 bridgehead atoms. The van der Waals surface area contributed by atoms with E-state index in [2.05, 4.69) is 12.1 Å². The molecule has 0 spiro atoms. The van der Waals surface area contributed by atoms with Gasteiger partial charge < -0.3 is 0 Å². The molecule has 0 saturated carbocycles. The molecule has 25 heavy (non-hydrogen) atoms. The Morgan fingerprint density at radius 3 is 2.28 bits per heavy atom. The van der Waals surface area contributed by atoms with Crippen molar-refractivity contribution in [3.05, 3.63) is 106 Å². The lowest BCUT2D eigenvalue weighted by Crippen LogP contribution is -2.41. The summed E-state index contributed by atoms with van der Waals surface area (Å²) < 4.78 is 1.91. The topological polar surface area (TPSA) is 64.1 Å². The maximum absolute atomic E-state index is 12.5. The second-order valence-electron chi connectivity index (χ2n) is 5.71. The number of benzene rings is 2. The van der Waals surface area contributed by atoms with Gasteiger partial charge in [-0.05, 0) is 17.7 Å². The fourth-order valence-electron chi connectivity index (χ4n) is 2.65. The molecule has 5 heteroatoms. The minimum Gasteiger partial charge on any atom is -0.287 e. The van der Waals surface area contributed by atoms with E-state index in [1.807, 2.05) is 47.2 Å². The summed E-state index contributed by atoms with van der Waals surface area (Å²) in [6, 6.07) is 21.6. The van der Waals surface area contributed by atoms with E-state index >= 15 is 0 Å². The lowest BCUT2D eigenvalue weighted by molar-refractivity contribution is -0.690. The number of aromatic nitrogens is 1. The zero-order chi connectivity index (χ0) is 17.6. The van der Waals surface area contributed by atoms with Gasteiger partial charge in [0.2, 0.25) is 12.3 Å². The van der Waals surface area contributed by atoms with E-state index in [1.54, 1.807) is 0 Å². The molecule has 0 aliphatic carbocycles. The number of rotatable bonds is 6. The monoisotopic (exact) mass is 333 g/mol. The zero-order valence-corrected chi connectivity index (χ0v) is 13.5. The van der Waals surface area contributed by atoms with E-state index in [1.165, 1.54) is 29.8 Å². The number of nitro groups is 1. The molecule has 3 aromatic rings. The molecule has 0 aliphatic heterocycles. The number of non-ortho nitro benzene ring substituents is 1. The van der Waals surface area contributed by atoms with Gasteiger partial charge in [0.05, 0.1) is 11.3 Å². The summed E-state index contributed by atoms with van der Waals surface area (Å²) in [5, 5.41) is 10.7. The van der Waals surface area contributed by atoms with Crippen molar-refractivity contribution < 1.29 is 14.3 Å². The number of Topliss-reactive ketones (excluding diaryl/α,β-unsaturated/α-hetero) is 1. The van der Waals surface area contributed by atoms with E-state index in [4.69, 9.17) is 0 Å². The number of nitrogens with zero attached hydrogens (tertiary/aromatic N) is 2. The van der Waals surface area contributed by atoms with Crippen LogP contribution in [-0.2, 0) is 13.0 Å². The summed E-state index contributed by atoms with van der Waals surface area (Å²) in [7, 11) is 0. The highest BCUT2D eigenvalue weighted by atomic mass is 16.6. The molecule has 1 heterocycles. The van der Waals surface area contributed by atoms with E-state index in [0.29, 0.717) is 5.56 Å². The summed E-state index contributed by atoms with van der Waals surface area (Å²) in [6.45, 7) is 0.195. The van der Waals surface area contributed by atoms with E-state index in [0.717, 1.165) is 12.1 Å². The van der Waals surface area contributed by atoms with Crippen LogP contribution in [0.1, 0.15) is 21.6 Å². The largest absolute Gasteiger partial charge is 0.287 e. The average molecular weight is 333 g/mol. The van der Waals surface area contributed by atoms with E-state index in [-0.39, 0.29) is 18.0 Å². The first-order valence-corrected chi connectivity index (χ1v) is 7.92. The van der Waals surface area contributed by atoms with Crippen molar-refractivity contribution in [3.63, 3.8) is 0 Å². The summed E-state index contributed by atoms with van der Waals surface area (Å²) >= 11 is 0. The summed E-state index contributed by atoms with van der Waals surface area (Å²) in [6.07, 6.45) is 2.61. The smallest absolute Gasteiger partial charge is 0.269 e. The van der Waals surface area contributed by atoms with Crippen molar-refractivity contribution in [2.24, 2.45) is 0 Å². The highest BCUT2D eigenvalue weighted by Gasteiger charge is 2.17. The predicted octanol–water partition coefficient (Wildman–Crippen LogP) is 3.36. The molecule has 0 saturated heterocycles. The molecular formula is C20H17N2O3+. The number of carbonyl (C=O) groups is 1. The van der Waals surface area contributed by atoms with Gasteiger partial charge in [-0.2, -0.15) is 4.57 Å². The van der Waals surface area contributed by atoms with Crippen LogP contribution in [0.25, 0.3) is 0 Å². The number of ketones is 1. The third-order valence-corrected chi connectivity index (χ3v) is 3.98. The van der Waals surface area contributed by atoms with Gasteiger partial charge in [0.1, 0.15) is 0 Å². The predicted molar refractivity (Wildman–Crippen MR) is 93.3 cm³/mol. The Kier molecular flexibility index (Phi) is 4.95. The molecular weight excluding hydrogens is 316 g/mol. The van der Waals surface area contributed by atoms with Gasteiger partial charge in [-0.15, -0.1) is 0 Å². The molecule has 2 aromatic carbocycles. The van der Waals surface area contributed by atoms with Gasteiger partial charge in [0, 0.05) is 29.8 Å². The third kappa shape index (κ3) is 4.14. The Bertz CT molecular complexity index is 890. The van der Waals surface area contributed by atoms with Crippen LogP contribution in [0.15, 0.2) is 79.0 Å². The van der Waals surface area contributed by atoms with Crippen molar-refractivity contribution in [1.82, 2.24) is 0 Å². The molecule has 0 atom stereocenters. The molecule has 124 valence electrons. The first kappa shape index (κ1) is 16.5. The highest BCUT2D eigenvalue weighted by Crippen LogP contribution is 2.12. The zero-order valence-electron chi connectivity index (χ0n) is 13.5. The van der Waals surface area contributed by atoms with Crippen molar-refractivity contribution in [2.45, 2.75) is 13.0 Å². The van der Waals surface area contributed by atoms with Crippen molar-refractivity contribution in [2.75, 3.05) is 0 Å². The Morgan fingerprint density at radius 1 is 0.920 bits per heavy atom. The van der Waals surface area contributed by atoms with Crippen LogP contribution >= 0.6 is 0 Å². The first-order valence-electron chi connectivity index (χ1n) is 7.92. The van der Waals surface area contributed by atoms with Crippen molar-refractivity contribution in [1.29, 1.82) is 0 Å².